The number of hydrogen-bond acceptors (Lipinski definition) is 5. The third kappa shape index (κ3) is 3.48. The molecule has 2 aromatic heterocycles. The number of pyridine rings is 1. The first-order valence-corrected chi connectivity index (χ1v) is 5.92. The number of nitrogens with zero attached hydrogens (tertiary/aromatic N) is 3. The highest BCUT2D eigenvalue weighted by molar-refractivity contribution is 5.85. The van der Waals surface area contributed by atoms with Crippen LogP contribution in [0.3, 0.4) is 0 Å². The molecule has 0 bridgehead atoms. The van der Waals surface area contributed by atoms with Gasteiger partial charge in [0, 0.05) is 24.5 Å². The lowest BCUT2D eigenvalue weighted by molar-refractivity contribution is 0.0690. The number of carboxylic acid groups (broad SMARTS) is 1. The van der Waals surface area contributed by atoms with Gasteiger partial charge in [-0.2, -0.15) is 0 Å². The third-order valence-electron chi connectivity index (χ3n) is 2.60. The lowest BCUT2D eigenvalue weighted by Gasteiger charge is -2.06. The molecule has 98 valence electrons. The zero-order chi connectivity index (χ0) is 13.7. The summed E-state index contributed by atoms with van der Waals surface area (Å²) in [6, 6.07) is 5.10. The Balaban J connectivity index is 1.99. The minimum absolute atomic E-state index is 0.0408. The molecule has 0 aromatic carbocycles. The highest BCUT2D eigenvalue weighted by Crippen LogP contribution is 2.07. The van der Waals surface area contributed by atoms with E-state index in [0.29, 0.717) is 6.54 Å². The Bertz CT molecular complexity index is 569. The van der Waals surface area contributed by atoms with Gasteiger partial charge in [0.25, 0.3) is 0 Å². The molecule has 0 saturated carbocycles. The number of aryl methyl sites for hydroxylation is 1. The van der Waals surface area contributed by atoms with E-state index in [2.05, 4.69) is 20.3 Å². The number of hydrogen-bond donors (Lipinski definition) is 2. The number of aromatic nitrogens is 3. The van der Waals surface area contributed by atoms with Gasteiger partial charge in [-0.15, -0.1) is 0 Å². The fraction of sp³-hybridized carbons (Fsp3) is 0.231. The molecule has 2 aromatic rings. The Kier molecular flexibility index (Phi) is 4.02. The fourth-order valence-corrected chi connectivity index (χ4v) is 1.54. The summed E-state index contributed by atoms with van der Waals surface area (Å²) in [5.74, 6) is -0.281. The van der Waals surface area contributed by atoms with Gasteiger partial charge in [-0.3, -0.25) is 0 Å². The van der Waals surface area contributed by atoms with Crippen molar-refractivity contribution in [3.8, 4) is 0 Å². The van der Waals surface area contributed by atoms with Crippen LogP contribution in [-0.2, 0) is 13.0 Å². The van der Waals surface area contributed by atoms with Gasteiger partial charge >= 0.3 is 5.97 Å². The second-order valence-electron chi connectivity index (χ2n) is 3.96. The minimum atomic E-state index is -1.03. The van der Waals surface area contributed by atoms with E-state index in [1.165, 1.54) is 12.4 Å². The van der Waals surface area contributed by atoms with Crippen LogP contribution in [0.2, 0.25) is 0 Å². The Labute approximate surface area is 110 Å². The zero-order valence-corrected chi connectivity index (χ0v) is 10.5. The molecule has 0 amide bonds. The van der Waals surface area contributed by atoms with Crippen LogP contribution in [0.25, 0.3) is 0 Å². The van der Waals surface area contributed by atoms with Crippen molar-refractivity contribution in [3.63, 3.8) is 0 Å². The van der Waals surface area contributed by atoms with E-state index in [1.54, 1.807) is 12.3 Å². The van der Waals surface area contributed by atoms with Gasteiger partial charge in [0.05, 0.1) is 0 Å². The Morgan fingerprint density at radius 1 is 1.32 bits per heavy atom. The molecule has 0 aliphatic heterocycles. The predicted octanol–water partition coefficient (Wildman–Crippen LogP) is 1.74. The molecule has 0 aliphatic carbocycles. The standard InChI is InChI=1S/C13H14N4O2/c1-2-10-5-12(17-8-16-10)15-7-9-3-4-11(13(18)19)14-6-9/h3-6,8H,2,7H2,1H3,(H,18,19)(H,15,16,17). The summed E-state index contributed by atoms with van der Waals surface area (Å²) in [5.41, 5.74) is 1.90. The van der Waals surface area contributed by atoms with E-state index in [4.69, 9.17) is 5.11 Å². The lowest BCUT2D eigenvalue weighted by atomic mass is 10.2. The molecule has 0 saturated heterocycles. The molecular formula is C13H14N4O2. The molecule has 0 aliphatic rings. The minimum Gasteiger partial charge on any atom is -0.477 e. The van der Waals surface area contributed by atoms with Crippen molar-refractivity contribution in [1.29, 1.82) is 0 Å². The predicted molar refractivity (Wildman–Crippen MR) is 69.9 cm³/mol. The molecule has 0 atom stereocenters. The van der Waals surface area contributed by atoms with Crippen molar-refractivity contribution < 1.29 is 9.90 Å². The van der Waals surface area contributed by atoms with Gasteiger partial charge in [0.2, 0.25) is 0 Å². The van der Waals surface area contributed by atoms with Crippen LogP contribution in [0.15, 0.2) is 30.7 Å². The van der Waals surface area contributed by atoms with Crippen LogP contribution in [-0.4, -0.2) is 26.0 Å². The summed E-state index contributed by atoms with van der Waals surface area (Å²) in [6.07, 6.45) is 3.91. The van der Waals surface area contributed by atoms with E-state index in [0.717, 1.165) is 23.5 Å². The maximum atomic E-state index is 10.7. The Morgan fingerprint density at radius 2 is 2.16 bits per heavy atom. The van der Waals surface area contributed by atoms with Crippen LogP contribution >= 0.6 is 0 Å². The summed E-state index contributed by atoms with van der Waals surface area (Å²) < 4.78 is 0. The van der Waals surface area contributed by atoms with Crippen LogP contribution < -0.4 is 5.32 Å². The molecule has 6 heteroatoms. The SMILES string of the molecule is CCc1cc(NCc2ccc(C(=O)O)nc2)ncn1. The van der Waals surface area contributed by atoms with Crippen molar-refractivity contribution in [2.24, 2.45) is 0 Å². The molecule has 0 unspecified atom stereocenters. The van der Waals surface area contributed by atoms with Gasteiger partial charge in [-0.1, -0.05) is 13.0 Å². The zero-order valence-electron chi connectivity index (χ0n) is 10.5. The number of rotatable bonds is 5. The molecule has 0 spiro atoms. The van der Waals surface area contributed by atoms with E-state index in [9.17, 15) is 4.79 Å². The number of carboxylic acids is 1. The Hall–Kier alpha value is -2.50. The second-order valence-corrected chi connectivity index (χ2v) is 3.96. The summed E-state index contributed by atoms with van der Waals surface area (Å²) in [7, 11) is 0. The summed E-state index contributed by atoms with van der Waals surface area (Å²) in [6.45, 7) is 2.56. The van der Waals surface area contributed by atoms with Crippen molar-refractivity contribution in [3.05, 3.63) is 47.7 Å². The van der Waals surface area contributed by atoms with Crippen LogP contribution in [0.1, 0.15) is 28.7 Å². The summed E-state index contributed by atoms with van der Waals surface area (Å²) in [5, 5.41) is 11.9. The maximum absolute atomic E-state index is 10.7. The van der Waals surface area contributed by atoms with Crippen molar-refractivity contribution >= 4 is 11.8 Å². The number of aromatic carboxylic acids is 1. The third-order valence-corrected chi connectivity index (χ3v) is 2.60. The molecule has 2 rings (SSSR count). The largest absolute Gasteiger partial charge is 0.477 e. The summed E-state index contributed by atoms with van der Waals surface area (Å²) >= 11 is 0. The fourth-order valence-electron chi connectivity index (χ4n) is 1.54. The molecule has 6 nitrogen and oxygen atoms in total. The number of nitrogens with one attached hydrogen (secondary N) is 1. The first-order valence-electron chi connectivity index (χ1n) is 5.92. The maximum Gasteiger partial charge on any atom is 0.354 e. The highest BCUT2D eigenvalue weighted by Gasteiger charge is 2.03. The van der Waals surface area contributed by atoms with Gasteiger partial charge in [0.15, 0.2) is 0 Å². The molecule has 2 N–H and O–H groups in total. The summed E-state index contributed by atoms with van der Waals surface area (Å²) in [4.78, 5) is 22.7. The van der Waals surface area contributed by atoms with E-state index >= 15 is 0 Å². The number of carbonyl (C=O) groups is 1. The van der Waals surface area contributed by atoms with E-state index in [-0.39, 0.29) is 5.69 Å². The first kappa shape index (κ1) is 12.9. The normalized spacial score (nSPS) is 10.2. The van der Waals surface area contributed by atoms with Crippen LogP contribution in [0.5, 0.6) is 0 Å². The van der Waals surface area contributed by atoms with E-state index in [1.807, 2.05) is 13.0 Å². The average Bonchev–Trinajstić information content (AvgIpc) is 2.46. The molecule has 0 radical (unpaired) electrons. The van der Waals surface area contributed by atoms with Crippen molar-refractivity contribution in [2.45, 2.75) is 19.9 Å². The second kappa shape index (κ2) is 5.90. The van der Waals surface area contributed by atoms with Gasteiger partial charge in [0.1, 0.15) is 17.8 Å². The topological polar surface area (TPSA) is 88.0 Å². The molecule has 0 fully saturated rings. The molecule has 2 heterocycles. The van der Waals surface area contributed by atoms with Gasteiger partial charge < -0.3 is 10.4 Å². The monoisotopic (exact) mass is 258 g/mol. The molecular weight excluding hydrogens is 244 g/mol. The van der Waals surface area contributed by atoms with Crippen LogP contribution in [0, 0.1) is 0 Å². The lowest BCUT2D eigenvalue weighted by Crippen LogP contribution is -2.05. The van der Waals surface area contributed by atoms with Gasteiger partial charge in [-0.05, 0) is 18.1 Å². The average molecular weight is 258 g/mol. The van der Waals surface area contributed by atoms with Gasteiger partial charge in [-0.25, -0.2) is 19.7 Å². The van der Waals surface area contributed by atoms with Crippen molar-refractivity contribution in [1.82, 2.24) is 15.0 Å². The van der Waals surface area contributed by atoms with E-state index < -0.39 is 5.97 Å². The van der Waals surface area contributed by atoms with Crippen LogP contribution in [0.4, 0.5) is 5.82 Å². The smallest absolute Gasteiger partial charge is 0.354 e. The number of anilines is 1. The quantitative estimate of drug-likeness (QED) is 0.849. The highest BCUT2D eigenvalue weighted by atomic mass is 16.4. The molecule has 19 heavy (non-hydrogen) atoms. The first-order chi connectivity index (χ1) is 9.19. The van der Waals surface area contributed by atoms with Crippen molar-refractivity contribution in [2.75, 3.05) is 5.32 Å². The Morgan fingerprint density at radius 3 is 2.79 bits per heavy atom.